The average Bonchev–Trinajstić information content (AvgIpc) is 4.11. The Morgan fingerprint density at radius 1 is 0.400 bits per heavy atom. The summed E-state index contributed by atoms with van der Waals surface area (Å²) < 4.78 is 8.21. The summed E-state index contributed by atoms with van der Waals surface area (Å²) in [5.74, 6) is 0. The average molecular weight is 979 g/mol. The lowest BCUT2D eigenvalue weighted by molar-refractivity contribution is 0.591. The monoisotopic (exact) mass is 978 g/mol. The molecule has 2 aliphatic rings. The molecule has 13 rings (SSSR count). The van der Waals surface area contributed by atoms with Crippen LogP contribution in [0, 0.1) is 34.6 Å². The molecule has 0 saturated heterocycles. The molecule has 7 heteroatoms. The van der Waals surface area contributed by atoms with Gasteiger partial charge in [0, 0.05) is 60.3 Å². The Hall–Kier alpha value is -5.96. The fraction of sp³-hybridized carbons (Fsp3) is 0.206. The van der Waals surface area contributed by atoms with Crippen molar-refractivity contribution in [2.45, 2.75) is 87.0 Å². The van der Waals surface area contributed by atoms with Gasteiger partial charge in [-0.05, 0) is 197 Å². The van der Waals surface area contributed by atoms with Gasteiger partial charge in [0.15, 0.2) is 0 Å². The Labute approximate surface area is 428 Å². The molecule has 4 aromatic heterocycles. The standard InChI is InChI=1S/C63H55BN2S4/c1-34-24-47-55-48(25-34)66(57-37(4)28-42(29-38(57)5)54-31-40-17-13-15-19-50(40)68-54)59-46-33-44(63(9,10)11)21-23-52(46)70-61(59)64(55)60-58(45-32-43(62(6,7)8)20-22-51(45)69-60)65(47)56-35(2)26-41(27-36(56)3)53-30-39-16-12-14-18-49(39)67-53/h12-33H,1-11H3. The van der Waals surface area contributed by atoms with Crippen LogP contribution in [-0.4, -0.2) is 6.71 Å². The predicted molar refractivity (Wildman–Crippen MR) is 314 cm³/mol. The predicted octanol–water partition coefficient (Wildman–Crippen LogP) is 18.1. The number of thiophene rings is 4. The van der Waals surface area contributed by atoms with Crippen LogP contribution in [0.15, 0.2) is 133 Å². The van der Waals surface area contributed by atoms with Crippen LogP contribution >= 0.6 is 45.3 Å². The molecule has 0 saturated carbocycles. The van der Waals surface area contributed by atoms with E-state index in [9.17, 15) is 0 Å². The van der Waals surface area contributed by atoms with Crippen LogP contribution in [0.25, 0.3) is 61.2 Å². The molecule has 0 unspecified atom stereocenters. The fourth-order valence-corrected chi connectivity index (χ4v) is 16.4. The first-order valence-corrected chi connectivity index (χ1v) is 27.9. The maximum Gasteiger partial charge on any atom is 0.277 e. The Morgan fingerprint density at radius 3 is 1.19 bits per heavy atom. The molecular weight excluding hydrogens is 924 g/mol. The second-order valence-electron chi connectivity index (χ2n) is 22.1. The Bertz CT molecular complexity index is 3640. The van der Waals surface area contributed by atoms with E-state index in [0.717, 1.165) is 0 Å². The third kappa shape index (κ3) is 6.68. The highest BCUT2D eigenvalue weighted by Gasteiger charge is 2.48. The van der Waals surface area contributed by atoms with Crippen molar-refractivity contribution in [3.63, 3.8) is 0 Å². The van der Waals surface area contributed by atoms with Crippen LogP contribution in [0.2, 0.25) is 0 Å². The van der Waals surface area contributed by atoms with Crippen molar-refractivity contribution < 1.29 is 0 Å². The molecule has 70 heavy (non-hydrogen) atoms. The highest BCUT2D eigenvalue weighted by atomic mass is 32.1. The van der Waals surface area contributed by atoms with Gasteiger partial charge in [-0.3, -0.25) is 0 Å². The zero-order chi connectivity index (χ0) is 48.3. The van der Waals surface area contributed by atoms with Gasteiger partial charge in [-0.1, -0.05) is 90.1 Å². The van der Waals surface area contributed by atoms with Crippen LogP contribution in [0.5, 0.6) is 0 Å². The SMILES string of the molecule is Cc1cc2c3c(c1)N(c1c(C)cc(-c4cc5ccccc5s4)cc1C)c1c(sc4ccc(C(C)(C)C)cc14)B3c1sc3ccc(C(C)(C)C)cc3c1N2c1c(C)cc(-c2cc3ccccc3s2)cc1C. The topological polar surface area (TPSA) is 6.48 Å². The molecule has 0 spiro atoms. The molecule has 2 aliphatic heterocycles. The first-order chi connectivity index (χ1) is 33.5. The van der Waals surface area contributed by atoms with Crippen LogP contribution in [0.3, 0.4) is 0 Å². The summed E-state index contributed by atoms with van der Waals surface area (Å²) in [4.78, 5) is 8.05. The number of hydrogen-bond donors (Lipinski definition) is 0. The van der Waals surface area contributed by atoms with Gasteiger partial charge in [0.05, 0.1) is 22.7 Å². The van der Waals surface area contributed by atoms with Gasteiger partial charge in [0.1, 0.15) is 0 Å². The van der Waals surface area contributed by atoms with Crippen molar-refractivity contribution in [1.29, 1.82) is 0 Å². The van der Waals surface area contributed by atoms with Crippen molar-refractivity contribution in [1.82, 2.24) is 0 Å². The van der Waals surface area contributed by atoms with Crippen molar-refractivity contribution in [2.75, 3.05) is 9.80 Å². The summed E-state index contributed by atoms with van der Waals surface area (Å²) in [6.07, 6.45) is 0. The van der Waals surface area contributed by atoms with Gasteiger partial charge in [-0.25, -0.2) is 0 Å². The molecule has 0 atom stereocenters. The number of rotatable bonds is 4. The van der Waals surface area contributed by atoms with Crippen LogP contribution < -0.4 is 24.8 Å². The molecule has 0 fully saturated rings. The van der Waals surface area contributed by atoms with Crippen molar-refractivity contribution in [3.05, 3.63) is 172 Å². The normalized spacial score (nSPS) is 13.6. The summed E-state index contributed by atoms with van der Waals surface area (Å²) in [6.45, 7) is 25.8. The van der Waals surface area contributed by atoms with Gasteiger partial charge in [0.25, 0.3) is 6.71 Å². The highest BCUT2D eigenvalue weighted by molar-refractivity contribution is 7.40. The Kier molecular flexibility index (Phi) is 9.76. The van der Waals surface area contributed by atoms with E-state index >= 15 is 0 Å². The zero-order valence-corrected chi connectivity index (χ0v) is 45.1. The second-order valence-corrected chi connectivity index (χ2v) is 26.4. The van der Waals surface area contributed by atoms with E-state index in [1.165, 1.54) is 149 Å². The van der Waals surface area contributed by atoms with E-state index in [2.05, 4.69) is 219 Å². The minimum absolute atomic E-state index is 0.00110. The summed E-state index contributed by atoms with van der Waals surface area (Å²) in [5.41, 5.74) is 20.9. The molecule has 11 aromatic rings. The van der Waals surface area contributed by atoms with Gasteiger partial charge in [-0.15, -0.1) is 45.3 Å². The lowest BCUT2D eigenvalue weighted by atomic mass is 9.39. The molecule has 0 amide bonds. The summed E-state index contributed by atoms with van der Waals surface area (Å²) in [5, 5.41) is 5.30. The van der Waals surface area contributed by atoms with Crippen molar-refractivity contribution >= 4 is 142 Å². The zero-order valence-electron chi connectivity index (χ0n) is 41.8. The Morgan fingerprint density at radius 2 is 0.800 bits per heavy atom. The molecule has 6 heterocycles. The number of benzene rings is 7. The van der Waals surface area contributed by atoms with E-state index in [1.807, 2.05) is 45.3 Å². The lowest BCUT2D eigenvalue weighted by Crippen LogP contribution is -2.59. The third-order valence-corrected chi connectivity index (χ3v) is 19.8. The molecular formula is C63H55BN2S4. The van der Waals surface area contributed by atoms with E-state index in [4.69, 9.17) is 0 Å². The van der Waals surface area contributed by atoms with Gasteiger partial charge >= 0.3 is 0 Å². The summed E-state index contributed by atoms with van der Waals surface area (Å²) in [7, 11) is 0. The first kappa shape index (κ1) is 44.0. The summed E-state index contributed by atoms with van der Waals surface area (Å²) in [6, 6.07) is 51.7. The lowest BCUT2D eigenvalue weighted by Gasteiger charge is -2.43. The Balaban J connectivity index is 1.11. The van der Waals surface area contributed by atoms with E-state index in [1.54, 1.807) is 0 Å². The molecule has 0 N–H and O–H groups in total. The summed E-state index contributed by atoms with van der Waals surface area (Å²) >= 11 is 7.80. The fourth-order valence-electron chi connectivity index (χ4n) is 11.7. The minimum Gasteiger partial charge on any atom is -0.309 e. The third-order valence-electron chi connectivity index (χ3n) is 15.0. The smallest absolute Gasteiger partial charge is 0.277 e. The van der Waals surface area contributed by atoms with Crippen molar-refractivity contribution in [3.8, 4) is 20.9 Å². The highest BCUT2D eigenvalue weighted by Crippen LogP contribution is 2.54. The van der Waals surface area contributed by atoms with E-state index in [0.29, 0.717) is 0 Å². The molecule has 0 radical (unpaired) electrons. The number of anilines is 6. The maximum absolute atomic E-state index is 2.71. The second kappa shape index (κ2) is 15.5. The van der Waals surface area contributed by atoms with Crippen LogP contribution in [0.4, 0.5) is 34.1 Å². The number of hydrogen-bond acceptors (Lipinski definition) is 6. The number of aryl methyl sites for hydroxylation is 5. The van der Waals surface area contributed by atoms with Crippen LogP contribution in [-0.2, 0) is 10.8 Å². The molecule has 0 bridgehead atoms. The largest absolute Gasteiger partial charge is 0.309 e. The molecule has 0 aliphatic carbocycles. The molecule has 7 aromatic carbocycles. The van der Waals surface area contributed by atoms with Crippen LogP contribution in [0.1, 0.15) is 80.5 Å². The number of fused-ring (bicyclic) bond motifs is 10. The van der Waals surface area contributed by atoms with E-state index in [-0.39, 0.29) is 17.5 Å². The molecule has 344 valence electrons. The number of nitrogens with zero attached hydrogens (tertiary/aromatic N) is 2. The first-order valence-electron chi connectivity index (χ1n) is 24.6. The quantitative estimate of drug-likeness (QED) is 0.162. The van der Waals surface area contributed by atoms with Gasteiger partial charge < -0.3 is 9.80 Å². The maximum atomic E-state index is 2.71. The minimum atomic E-state index is -0.00110. The van der Waals surface area contributed by atoms with Crippen molar-refractivity contribution in [2.24, 2.45) is 0 Å². The molecule has 2 nitrogen and oxygen atoms in total. The van der Waals surface area contributed by atoms with Gasteiger partial charge in [0.2, 0.25) is 0 Å². The van der Waals surface area contributed by atoms with E-state index < -0.39 is 0 Å². The van der Waals surface area contributed by atoms with Gasteiger partial charge in [-0.2, -0.15) is 0 Å².